The van der Waals surface area contributed by atoms with Crippen molar-refractivity contribution in [2.45, 2.75) is 13.0 Å². The highest BCUT2D eigenvalue weighted by atomic mass is 35.5. The Kier molecular flexibility index (Phi) is 5.78. The molecule has 2 aromatic carbocycles. The molecular weight excluding hydrogens is 286 g/mol. The molecule has 4 heteroatoms. The Morgan fingerprint density at radius 2 is 1.67 bits per heavy atom. The number of rotatable bonds is 7. The van der Waals surface area contributed by atoms with Crippen LogP contribution < -0.4 is 10.0 Å². The van der Waals surface area contributed by atoms with Crippen LogP contribution >= 0.6 is 11.6 Å². The van der Waals surface area contributed by atoms with E-state index in [0.717, 1.165) is 23.4 Å². The van der Waals surface area contributed by atoms with Crippen LogP contribution in [0, 0.1) is 0 Å². The van der Waals surface area contributed by atoms with Crippen LogP contribution in [0.4, 0.5) is 0 Å². The Morgan fingerprint density at radius 1 is 1.00 bits per heavy atom. The number of carbonyl (C=O) groups excluding carboxylic acids is 1. The molecule has 110 valence electrons. The molecular formula is C17H18ClNO2. The molecule has 0 bridgehead atoms. The van der Waals surface area contributed by atoms with Crippen molar-refractivity contribution in [2.75, 3.05) is 13.1 Å². The zero-order chi connectivity index (χ0) is 15.1. The molecule has 1 N–H and O–H groups in total. The van der Waals surface area contributed by atoms with E-state index < -0.39 is 5.97 Å². The number of hydrogen-bond acceptors (Lipinski definition) is 2. The maximum atomic E-state index is 10.9. The van der Waals surface area contributed by atoms with Gasteiger partial charge in [-0.3, -0.25) is 0 Å². The molecule has 0 aromatic heterocycles. The molecule has 0 saturated heterocycles. The number of carboxylic acid groups (broad SMARTS) is 1. The van der Waals surface area contributed by atoms with Gasteiger partial charge < -0.3 is 14.8 Å². The Bertz CT molecular complexity index is 569. The summed E-state index contributed by atoms with van der Waals surface area (Å²) in [6.07, 6.45) is 0.844. The molecule has 2 rings (SSSR count). The first-order valence-corrected chi connectivity index (χ1v) is 7.33. The molecule has 0 fully saturated rings. The molecule has 2 aromatic rings. The highest BCUT2D eigenvalue weighted by Gasteiger charge is 2.10. The van der Waals surface area contributed by atoms with Gasteiger partial charge in [0.15, 0.2) is 0 Å². The third-order valence-corrected chi connectivity index (χ3v) is 3.62. The predicted octanol–water partition coefficient (Wildman–Crippen LogP) is 0.718. The van der Waals surface area contributed by atoms with Gasteiger partial charge in [-0.25, -0.2) is 0 Å². The Balaban J connectivity index is 1.97. The van der Waals surface area contributed by atoms with Crippen LogP contribution in [0.5, 0.6) is 0 Å². The van der Waals surface area contributed by atoms with E-state index in [0.29, 0.717) is 11.6 Å². The van der Waals surface area contributed by atoms with Crippen LogP contribution in [-0.2, 0) is 17.8 Å². The maximum absolute atomic E-state index is 10.9. The minimum atomic E-state index is -1.02. The minimum absolute atomic E-state index is 0.00938. The normalized spacial score (nSPS) is 12.0. The molecule has 0 aliphatic rings. The number of nitrogens with one attached hydrogen (secondary N) is 1. The quantitative estimate of drug-likeness (QED) is 0.819. The van der Waals surface area contributed by atoms with Gasteiger partial charge in [0.1, 0.15) is 13.1 Å². The van der Waals surface area contributed by atoms with E-state index in [4.69, 9.17) is 11.6 Å². The lowest BCUT2D eigenvalue weighted by Gasteiger charge is -2.20. The van der Waals surface area contributed by atoms with E-state index in [2.05, 4.69) is 12.1 Å². The molecule has 0 spiro atoms. The average Bonchev–Trinajstić information content (AvgIpc) is 2.48. The SMILES string of the molecule is O=C([O-])C[NH+](CCc1ccccc1)Cc1ccc(Cl)cc1. The van der Waals surface area contributed by atoms with Gasteiger partial charge in [-0.15, -0.1) is 0 Å². The van der Waals surface area contributed by atoms with Crippen molar-refractivity contribution < 1.29 is 14.8 Å². The summed E-state index contributed by atoms with van der Waals surface area (Å²) in [4.78, 5) is 11.9. The molecule has 0 saturated carbocycles. The number of aliphatic carboxylic acids is 1. The third-order valence-electron chi connectivity index (χ3n) is 3.37. The van der Waals surface area contributed by atoms with Gasteiger partial charge in [-0.05, 0) is 17.7 Å². The summed E-state index contributed by atoms with van der Waals surface area (Å²) < 4.78 is 0. The smallest absolute Gasteiger partial charge is 0.118 e. The predicted molar refractivity (Wildman–Crippen MR) is 81.0 cm³/mol. The fraction of sp³-hybridized carbons (Fsp3) is 0.235. The van der Waals surface area contributed by atoms with Crippen molar-refractivity contribution in [1.29, 1.82) is 0 Å². The van der Waals surface area contributed by atoms with Gasteiger partial charge in [0.25, 0.3) is 0 Å². The zero-order valence-corrected chi connectivity index (χ0v) is 12.5. The lowest BCUT2D eigenvalue weighted by atomic mass is 10.1. The zero-order valence-electron chi connectivity index (χ0n) is 11.7. The summed E-state index contributed by atoms with van der Waals surface area (Å²) in [5.41, 5.74) is 2.29. The van der Waals surface area contributed by atoms with Gasteiger partial charge in [-0.1, -0.05) is 54.1 Å². The van der Waals surface area contributed by atoms with Crippen molar-refractivity contribution in [3.63, 3.8) is 0 Å². The number of quaternary nitrogens is 1. The fourth-order valence-corrected chi connectivity index (χ4v) is 2.43. The van der Waals surface area contributed by atoms with Crippen molar-refractivity contribution in [2.24, 2.45) is 0 Å². The topological polar surface area (TPSA) is 44.6 Å². The van der Waals surface area contributed by atoms with E-state index in [1.54, 1.807) is 0 Å². The standard InChI is InChI=1S/C17H18ClNO2/c18-16-8-6-15(7-9-16)12-19(13-17(20)21)11-10-14-4-2-1-3-5-14/h1-9H,10-13H2,(H,20,21). The van der Waals surface area contributed by atoms with Crippen LogP contribution in [0.1, 0.15) is 11.1 Å². The number of benzene rings is 2. The molecule has 0 aliphatic carbocycles. The summed E-state index contributed by atoms with van der Waals surface area (Å²) in [7, 11) is 0. The molecule has 0 radical (unpaired) electrons. The van der Waals surface area contributed by atoms with Crippen molar-refractivity contribution in [3.05, 3.63) is 70.7 Å². The number of hydrogen-bond donors (Lipinski definition) is 1. The van der Waals surface area contributed by atoms with Crippen LogP contribution in [0.15, 0.2) is 54.6 Å². The summed E-state index contributed by atoms with van der Waals surface area (Å²) in [6.45, 7) is 1.41. The van der Waals surface area contributed by atoms with Crippen LogP contribution in [0.2, 0.25) is 5.02 Å². The first kappa shape index (κ1) is 15.5. The van der Waals surface area contributed by atoms with E-state index in [9.17, 15) is 9.90 Å². The summed E-state index contributed by atoms with van der Waals surface area (Å²) >= 11 is 5.86. The van der Waals surface area contributed by atoms with E-state index in [-0.39, 0.29) is 6.54 Å². The van der Waals surface area contributed by atoms with Gasteiger partial charge in [0, 0.05) is 17.0 Å². The van der Waals surface area contributed by atoms with Gasteiger partial charge in [0.05, 0.1) is 12.5 Å². The molecule has 3 nitrogen and oxygen atoms in total. The Hall–Kier alpha value is -1.84. The largest absolute Gasteiger partial charge is 0.544 e. The van der Waals surface area contributed by atoms with Gasteiger partial charge >= 0.3 is 0 Å². The van der Waals surface area contributed by atoms with Crippen molar-refractivity contribution >= 4 is 17.6 Å². The lowest BCUT2D eigenvalue weighted by molar-refractivity contribution is -0.908. The van der Waals surface area contributed by atoms with Crippen LogP contribution in [0.3, 0.4) is 0 Å². The second kappa shape index (κ2) is 7.81. The monoisotopic (exact) mass is 303 g/mol. The lowest BCUT2D eigenvalue weighted by Crippen LogP contribution is -3.12. The van der Waals surface area contributed by atoms with E-state index >= 15 is 0 Å². The first-order valence-electron chi connectivity index (χ1n) is 6.95. The molecule has 1 atom stereocenters. The maximum Gasteiger partial charge on any atom is 0.118 e. The van der Waals surface area contributed by atoms with Gasteiger partial charge in [0.2, 0.25) is 0 Å². The van der Waals surface area contributed by atoms with Crippen molar-refractivity contribution in [1.82, 2.24) is 0 Å². The third kappa shape index (κ3) is 5.58. The highest BCUT2D eigenvalue weighted by Crippen LogP contribution is 2.08. The van der Waals surface area contributed by atoms with E-state index in [1.165, 1.54) is 5.56 Å². The van der Waals surface area contributed by atoms with Crippen LogP contribution in [-0.4, -0.2) is 19.1 Å². The first-order chi connectivity index (χ1) is 10.1. The molecule has 0 aliphatic heterocycles. The molecule has 0 heterocycles. The highest BCUT2D eigenvalue weighted by molar-refractivity contribution is 6.30. The minimum Gasteiger partial charge on any atom is -0.544 e. The average molecular weight is 304 g/mol. The second-order valence-electron chi connectivity index (χ2n) is 5.09. The second-order valence-corrected chi connectivity index (χ2v) is 5.52. The molecule has 21 heavy (non-hydrogen) atoms. The Labute approximate surface area is 129 Å². The van der Waals surface area contributed by atoms with Crippen molar-refractivity contribution in [3.8, 4) is 0 Å². The summed E-state index contributed by atoms with van der Waals surface area (Å²) in [5, 5.41) is 11.6. The number of carbonyl (C=O) groups is 1. The van der Waals surface area contributed by atoms with Crippen LogP contribution in [0.25, 0.3) is 0 Å². The fourth-order valence-electron chi connectivity index (χ4n) is 2.30. The summed E-state index contributed by atoms with van der Waals surface area (Å²) in [5.74, 6) is -1.02. The number of carboxylic acids is 1. The summed E-state index contributed by atoms with van der Waals surface area (Å²) in [6, 6.07) is 17.6. The molecule has 0 amide bonds. The molecule has 1 unspecified atom stereocenters. The number of halogens is 1. The Morgan fingerprint density at radius 3 is 2.29 bits per heavy atom. The van der Waals surface area contributed by atoms with Gasteiger partial charge in [-0.2, -0.15) is 0 Å². The van der Waals surface area contributed by atoms with E-state index in [1.807, 2.05) is 42.5 Å².